The lowest BCUT2D eigenvalue weighted by Gasteiger charge is -2.37. The number of nitrogens with two attached hydrogens (primary N) is 1. The van der Waals surface area contributed by atoms with Crippen LogP contribution in [0.3, 0.4) is 0 Å². The number of carbonyl (C=O) groups is 2. The molecule has 0 aromatic rings. The summed E-state index contributed by atoms with van der Waals surface area (Å²) in [5.41, 5.74) is 5.38. The van der Waals surface area contributed by atoms with E-state index >= 15 is 0 Å². The number of piperidine rings is 1. The first-order valence-electron chi connectivity index (χ1n) is 5.77. The summed E-state index contributed by atoms with van der Waals surface area (Å²) in [6.45, 7) is 2.98. The predicted molar refractivity (Wildman–Crippen MR) is 61.7 cm³/mol. The lowest BCUT2D eigenvalue weighted by molar-refractivity contribution is -0.136. The zero-order chi connectivity index (χ0) is 12.1. The highest BCUT2D eigenvalue weighted by Gasteiger charge is 2.27. The zero-order valence-electron chi connectivity index (χ0n) is 10.1. The van der Waals surface area contributed by atoms with Gasteiger partial charge < -0.3 is 15.5 Å². The normalized spacial score (nSPS) is 20.7. The van der Waals surface area contributed by atoms with Crippen LogP contribution in [0.5, 0.6) is 0 Å². The summed E-state index contributed by atoms with van der Waals surface area (Å²) in [4.78, 5) is 26.3. The number of hydrogen-bond acceptors (Lipinski definition) is 3. The molecule has 1 fully saturated rings. The van der Waals surface area contributed by atoms with Gasteiger partial charge in [0.25, 0.3) is 0 Å². The highest BCUT2D eigenvalue weighted by Crippen LogP contribution is 2.17. The van der Waals surface area contributed by atoms with Crippen LogP contribution in [0.4, 0.5) is 0 Å². The summed E-state index contributed by atoms with van der Waals surface area (Å²) in [5, 5.41) is 0. The molecule has 1 rings (SSSR count). The minimum absolute atomic E-state index is 0.0124. The molecule has 92 valence electrons. The van der Waals surface area contributed by atoms with Gasteiger partial charge in [-0.1, -0.05) is 0 Å². The molecule has 1 aliphatic heterocycles. The number of hydrogen-bond donors (Lipinski definition) is 1. The van der Waals surface area contributed by atoms with Crippen molar-refractivity contribution in [3.05, 3.63) is 0 Å². The van der Waals surface area contributed by atoms with Crippen LogP contribution in [0, 0.1) is 0 Å². The molecule has 16 heavy (non-hydrogen) atoms. The molecule has 5 nitrogen and oxygen atoms in total. The standard InChI is InChI=1S/C11H21N3O2/c1-9(15)13(2)8-10-5-3-4-6-14(10)11(16)7-12/h10H,3-8,12H2,1-2H3/t10-/m1/s1. The molecule has 2 N–H and O–H groups in total. The lowest BCUT2D eigenvalue weighted by Crippen LogP contribution is -2.51. The molecule has 0 saturated carbocycles. The summed E-state index contributed by atoms with van der Waals surface area (Å²) in [5.74, 6) is 0.0207. The highest BCUT2D eigenvalue weighted by molar-refractivity contribution is 5.78. The van der Waals surface area contributed by atoms with Crippen LogP contribution in [-0.2, 0) is 9.59 Å². The van der Waals surface area contributed by atoms with Gasteiger partial charge in [0.15, 0.2) is 0 Å². The number of amides is 2. The molecule has 2 amide bonds. The third kappa shape index (κ3) is 3.20. The van der Waals surface area contributed by atoms with Gasteiger partial charge in [0.2, 0.25) is 11.8 Å². The van der Waals surface area contributed by atoms with Crippen molar-refractivity contribution in [3.63, 3.8) is 0 Å². The van der Waals surface area contributed by atoms with E-state index in [2.05, 4.69) is 0 Å². The van der Waals surface area contributed by atoms with E-state index in [1.807, 2.05) is 4.90 Å². The van der Waals surface area contributed by atoms with Crippen molar-refractivity contribution in [2.24, 2.45) is 5.73 Å². The first kappa shape index (κ1) is 13.0. The van der Waals surface area contributed by atoms with Gasteiger partial charge in [-0.3, -0.25) is 9.59 Å². The third-order valence-corrected chi connectivity index (χ3v) is 3.14. The van der Waals surface area contributed by atoms with Gasteiger partial charge in [0, 0.05) is 33.1 Å². The second-order valence-corrected chi connectivity index (χ2v) is 4.34. The summed E-state index contributed by atoms with van der Waals surface area (Å²) in [6.07, 6.45) is 3.11. The van der Waals surface area contributed by atoms with E-state index < -0.39 is 0 Å². The maximum absolute atomic E-state index is 11.6. The Balaban J connectivity index is 2.60. The molecule has 0 spiro atoms. The van der Waals surface area contributed by atoms with Crippen LogP contribution in [0.2, 0.25) is 0 Å². The number of likely N-dealkylation sites (N-methyl/N-ethyl adjacent to an activating group) is 1. The second kappa shape index (κ2) is 5.84. The monoisotopic (exact) mass is 227 g/mol. The number of likely N-dealkylation sites (tertiary alicyclic amines) is 1. The minimum atomic E-state index is -0.0124. The largest absolute Gasteiger partial charge is 0.344 e. The Labute approximate surface area is 96.6 Å². The van der Waals surface area contributed by atoms with E-state index in [-0.39, 0.29) is 24.4 Å². The van der Waals surface area contributed by atoms with Crippen molar-refractivity contribution in [2.75, 3.05) is 26.7 Å². The average molecular weight is 227 g/mol. The van der Waals surface area contributed by atoms with Gasteiger partial charge in [-0.15, -0.1) is 0 Å². The average Bonchev–Trinajstić information content (AvgIpc) is 2.28. The van der Waals surface area contributed by atoms with Crippen molar-refractivity contribution >= 4 is 11.8 Å². The summed E-state index contributed by atoms with van der Waals surface area (Å²) >= 11 is 0. The molecule has 1 aliphatic rings. The van der Waals surface area contributed by atoms with Crippen LogP contribution in [0.25, 0.3) is 0 Å². The van der Waals surface area contributed by atoms with Gasteiger partial charge >= 0.3 is 0 Å². The van der Waals surface area contributed by atoms with Crippen LogP contribution in [0.15, 0.2) is 0 Å². The van der Waals surface area contributed by atoms with Crippen LogP contribution < -0.4 is 5.73 Å². The van der Waals surface area contributed by atoms with Gasteiger partial charge in [-0.05, 0) is 19.3 Å². The third-order valence-electron chi connectivity index (χ3n) is 3.14. The van der Waals surface area contributed by atoms with Gasteiger partial charge in [0.1, 0.15) is 0 Å². The molecule has 1 heterocycles. The zero-order valence-corrected chi connectivity index (χ0v) is 10.1. The Morgan fingerprint density at radius 2 is 2.12 bits per heavy atom. The number of nitrogens with zero attached hydrogens (tertiary/aromatic N) is 2. The molecule has 0 radical (unpaired) electrons. The van der Waals surface area contributed by atoms with Crippen LogP contribution in [0.1, 0.15) is 26.2 Å². The molecule has 0 bridgehead atoms. The van der Waals surface area contributed by atoms with E-state index in [9.17, 15) is 9.59 Å². The topological polar surface area (TPSA) is 66.6 Å². The highest BCUT2D eigenvalue weighted by atomic mass is 16.2. The van der Waals surface area contributed by atoms with E-state index in [4.69, 9.17) is 5.73 Å². The number of carbonyl (C=O) groups excluding carboxylic acids is 2. The van der Waals surface area contributed by atoms with Crippen molar-refractivity contribution < 1.29 is 9.59 Å². The smallest absolute Gasteiger partial charge is 0.236 e. The SMILES string of the molecule is CC(=O)N(C)C[C@H]1CCCCN1C(=O)CN. The molecular weight excluding hydrogens is 206 g/mol. The fourth-order valence-electron chi connectivity index (χ4n) is 2.08. The quantitative estimate of drug-likeness (QED) is 0.726. The van der Waals surface area contributed by atoms with E-state index in [1.54, 1.807) is 11.9 Å². The molecular formula is C11H21N3O2. The van der Waals surface area contributed by atoms with Crippen molar-refractivity contribution in [2.45, 2.75) is 32.2 Å². The Hall–Kier alpha value is -1.10. The van der Waals surface area contributed by atoms with E-state index in [0.29, 0.717) is 6.54 Å². The second-order valence-electron chi connectivity index (χ2n) is 4.34. The molecule has 1 saturated heterocycles. The summed E-state index contributed by atoms with van der Waals surface area (Å²) in [7, 11) is 1.77. The fourth-order valence-corrected chi connectivity index (χ4v) is 2.08. The molecule has 0 aliphatic carbocycles. The molecule has 0 aromatic heterocycles. The predicted octanol–water partition coefficient (Wildman–Crippen LogP) is -0.195. The molecule has 5 heteroatoms. The molecule has 0 unspecified atom stereocenters. The Bertz CT molecular complexity index is 268. The van der Waals surface area contributed by atoms with Crippen LogP contribution >= 0.6 is 0 Å². The van der Waals surface area contributed by atoms with Gasteiger partial charge in [-0.2, -0.15) is 0 Å². The Morgan fingerprint density at radius 1 is 1.44 bits per heavy atom. The first-order chi connectivity index (χ1) is 7.56. The Morgan fingerprint density at radius 3 is 2.69 bits per heavy atom. The van der Waals surface area contributed by atoms with Gasteiger partial charge in [-0.25, -0.2) is 0 Å². The summed E-state index contributed by atoms with van der Waals surface area (Å²) < 4.78 is 0. The summed E-state index contributed by atoms with van der Waals surface area (Å²) in [6, 6.07) is 0.138. The minimum Gasteiger partial charge on any atom is -0.344 e. The van der Waals surface area contributed by atoms with E-state index in [1.165, 1.54) is 6.92 Å². The Kier molecular flexibility index (Phi) is 4.73. The first-order valence-corrected chi connectivity index (χ1v) is 5.77. The van der Waals surface area contributed by atoms with Crippen LogP contribution in [-0.4, -0.2) is 54.3 Å². The van der Waals surface area contributed by atoms with Crippen molar-refractivity contribution in [1.29, 1.82) is 0 Å². The van der Waals surface area contributed by atoms with Crippen molar-refractivity contribution in [3.8, 4) is 0 Å². The fraction of sp³-hybridized carbons (Fsp3) is 0.818. The van der Waals surface area contributed by atoms with E-state index in [0.717, 1.165) is 25.8 Å². The van der Waals surface area contributed by atoms with Gasteiger partial charge in [0.05, 0.1) is 6.54 Å². The number of rotatable bonds is 3. The maximum atomic E-state index is 11.6. The lowest BCUT2D eigenvalue weighted by atomic mass is 10.0. The van der Waals surface area contributed by atoms with Crippen molar-refractivity contribution in [1.82, 2.24) is 9.80 Å². The maximum Gasteiger partial charge on any atom is 0.236 e. The molecule has 1 atom stereocenters. The molecule has 0 aromatic carbocycles.